The smallest absolute Gasteiger partial charge is 0.196 e. The van der Waals surface area contributed by atoms with E-state index in [2.05, 4.69) is 52.0 Å². The van der Waals surface area contributed by atoms with Gasteiger partial charge in [0.05, 0.1) is 0 Å². The molecule has 0 bridgehead atoms. The van der Waals surface area contributed by atoms with Crippen molar-refractivity contribution in [1.82, 2.24) is 29.5 Å². The topological polar surface area (TPSA) is 88.5 Å². The number of fused-ring (bicyclic) bond motifs is 1. The Bertz CT molecular complexity index is 932. The highest BCUT2D eigenvalue weighted by Crippen LogP contribution is 2.24. The minimum Gasteiger partial charge on any atom is -0.380 e. The van der Waals surface area contributed by atoms with Gasteiger partial charge in [0.2, 0.25) is 0 Å². The predicted molar refractivity (Wildman–Crippen MR) is 101 cm³/mol. The van der Waals surface area contributed by atoms with E-state index in [1.807, 2.05) is 6.20 Å². The van der Waals surface area contributed by atoms with Crippen molar-refractivity contribution in [2.24, 2.45) is 0 Å². The first-order valence-electron chi connectivity index (χ1n) is 8.84. The van der Waals surface area contributed by atoms with Gasteiger partial charge in [0.1, 0.15) is 5.82 Å². The summed E-state index contributed by atoms with van der Waals surface area (Å²) in [5.41, 5.74) is 8.81. The van der Waals surface area contributed by atoms with Gasteiger partial charge in [0.15, 0.2) is 17.3 Å². The lowest BCUT2D eigenvalue weighted by atomic mass is 10.1. The van der Waals surface area contributed by atoms with Crippen LogP contribution in [-0.2, 0) is 6.42 Å². The van der Waals surface area contributed by atoms with Gasteiger partial charge >= 0.3 is 0 Å². The number of hydrogen-bond donors (Lipinski definition) is 1. The summed E-state index contributed by atoms with van der Waals surface area (Å²) in [4.78, 5) is 17.9. The van der Waals surface area contributed by atoms with E-state index < -0.39 is 0 Å². The van der Waals surface area contributed by atoms with Crippen molar-refractivity contribution >= 4 is 17.3 Å². The molecule has 2 N–H and O–H groups in total. The monoisotopic (exact) mass is 352 g/mol. The van der Waals surface area contributed by atoms with Crippen molar-refractivity contribution in [2.45, 2.75) is 25.8 Å². The number of anilines is 2. The molecule has 0 aliphatic carbocycles. The first kappa shape index (κ1) is 16.7. The Labute approximate surface area is 152 Å². The van der Waals surface area contributed by atoms with Crippen molar-refractivity contribution in [2.75, 3.05) is 37.8 Å². The van der Waals surface area contributed by atoms with Crippen LogP contribution in [0, 0.1) is 6.92 Å². The van der Waals surface area contributed by atoms with Gasteiger partial charge in [-0.15, -0.1) is 0 Å². The second-order valence-electron chi connectivity index (χ2n) is 7.12. The standard InChI is InChI=1S/C18H24N8/c1-12-8-13(9-15-22-16(19)18-20-5-7-26(18)23-15)10-21-17(12)25-6-4-14(11-25)24(2)3/h5,7-8,10,14H,4,6,9,11H2,1-3H3,(H2,19,22,23). The Hall–Kier alpha value is -2.74. The highest BCUT2D eigenvalue weighted by molar-refractivity contribution is 5.58. The van der Waals surface area contributed by atoms with Crippen LogP contribution in [0.25, 0.3) is 5.65 Å². The molecule has 1 aliphatic rings. The van der Waals surface area contributed by atoms with E-state index in [0.717, 1.165) is 24.5 Å². The Morgan fingerprint density at radius 1 is 1.31 bits per heavy atom. The van der Waals surface area contributed by atoms with Gasteiger partial charge in [-0.3, -0.25) is 0 Å². The van der Waals surface area contributed by atoms with Crippen molar-refractivity contribution in [3.05, 3.63) is 41.6 Å². The minimum atomic E-state index is 0.396. The van der Waals surface area contributed by atoms with E-state index in [1.165, 1.54) is 12.0 Å². The molecule has 1 atom stereocenters. The summed E-state index contributed by atoms with van der Waals surface area (Å²) in [6.07, 6.45) is 7.13. The molecular weight excluding hydrogens is 328 g/mol. The molecule has 136 valence electrons. The average Bonchev–Trinajstić information content (AvgIpc) is 3.24. The number of nitrogens with zero attached hydrogens (tertiary/aromatic N) is 7. The number of aromatic nitrogens is 5. The van der Waals surface area contributed by atoms with Crippen LogP contribution in [0.1, 0.15) is 23.4 Å². The van der Waals surface area contributed by atoms with Gasteiger partial charge in [-0.1, -0.05) is 6.07 Å². The van der Waals surface area contributed by atoms with Gasteiger partial charge in [-0.05, 0) is 38.6 Å². The number of likely N-dealkylation sites (N-methyl/N-ethyl adjacent to an activating group) is 1. The molecule has 0 spiro atoms. The van der Waals surface area contributed by atoms with E-state index in [4.69, 9.17) is 10.7 Å². The third-order valence-electron chi connectivity index (χ3n) is 4.99. The number of nitrogens with two attached hydrogens (primary N) is 1. The summed E-state index contributed by atoms with van der Waals surface area (Å²) in [6, 6.07) is 2.76. The zero-order chi connectivity index (χ0) is 18.3. The normalized spacial score (nSPS) is 17.5. The fourth-order valence-electron chi connectivity index (χ4n) is 3.56. The fraction of sp³-hybridized carbons (Fsp3) is 0.444. The van der Waals surface area contributed by atoms with E-state index in [-0.39, 0.29) is 0 Å². The maximum absolute atomic E-state index is 5.97. The Balaban J connectivity index is 1.54. The molecule has 0 amide bonds. The lowest BCUT2D eigenvalue weighted by Gasteiger charge is -2.22. The first-order valence-corrected chi connectivity index (χ1v) is 8.84. The number of pyridine rings is 1. The largest absolute Gasteiger partial charge is 0.380 e. The highest BCUT2D eigenvalue weighted by atomic mass is 15.3. The van der Waals surface area contributed by atoms with Crippen LogP contribution in [0.4, 0.5) is 11.6 Å². The van der Waals surface area contributed by atoms with E-state index in [9.17, 15) is 0 Å². The van der Waals surface area contributed by atoms with E-state index in [1.54, 1.807) is 16.9 Å². The average molecular weight is 352 g/mol. The number of imidazole rings is 1. The molecule has 4 rings (SSSR count). The molecule has 1 fully saturated rings. The molecule has 8 nitrogen and oxygen atoms in total. The fourth-order valence-corrected chi connectivity index (χ4v) is 3.56. The predicted octanol–water partition coefficient (Wildman–Crippen LogP) is 1.14. The first-order chi connectivity index (χ1) is 12.5. The zero-order valence-electron chi connectivity index (χ0n) is 15.4. The molecule has 1 saturated heterocycles. The number of rotatable bonds is 4. The van der Waals surface area contributed by atoms with Gasteiger partial charge in [0.25, 0.3) is 0 Å². The van der Waals surface area contributed by atoms with Crippen LogP contribution < -0.4 is 10.6 Å². The van der Waals surface area contributed by atoms with E-state index >= 15 is 0 Å². The molecule has 26 heavy (non-hydrogen) atoms. The number of aryl methyl sites for hydroxylation is 1. The van der Waals surface area contributed by atoms with Crippen molar-refractivity contribution in [3.8, 4) is 0 Å². The minimum absolute atomic E-state index is 0.396. The van der Waals surface area contributed by atoms with Crippen LogP contribution in [0.15, 0.2) is 24.7 Å². The van der Waals surface area contributed by atoms with Crippen molar-refractivity contribution < 1.29 is 0 Å². The Morgan fingerprint density at radius 3 is 2.88 bits per heavy atom. The van der Waals surface area contributed by atoms with Gasteiger partial charge < -0.3 is 15.5 Å². The zero-order valence-corrected chi connectivity index (χ0v) is 15.4. The molecule has 4 heterocycles. The molecule has 0 radical (unpaired) electrons. The van der Waals surface area contributed by atoms with Crippen molar-refractivity contribution in [3.63, 3.8) is 0 Å². The molecule has 1 unspecified atom stereocenters. The second kappa shape index (κ2) is 6.53. The Morgan fingerprint density at radius 2 is 2.15 bits per heavy atom. The molecule has 8 heteroatoms. The van der Waals surface area contributed by atoms with Gasteiger partial charge in [0, 0.05) is 44.1 Å². The SMILES string of the molecule is Cc1cc(Cc2nc(N)c3nccn3n2)cnc1N1CCC(N(C)C)C1. The summed E-state index contributed by atoms with van der Waals surface area (Å²) in [5.74, 6) is 2.13. The summed E-state index contributed by atoms with van der Waals surface area (Å²) >= 11 is 0. The third kappa shape index (κ3) is 3.08. The van der Waals surface area contributed by atoms with Crippen LogP contribution in [0.3, 0.4) is 0 Å². The Kier molecular flexibility index (Phi) is 4.20. The van der Waals surface area contributed by atoms with Crippen LogP contribution >= 0.6 is 0 Å². The van der Waals surface area contributed by atoms with Gasteiger partial charge in [-0.2, -0.15) is 5.10 Å². The summed E-state index contributed by atoms with van der Waals surface area (Å²) in [6.45, 7) is 4.19. The lowest BCUT2D eigenvalue weighted by Crippen LogP contribution is -2.32. The van der Waals surface area contributed by atoms with Crippen LogP contribution in [0.5, 0.6) is 0 Å². The molecule has 1 aliphatic heterocycles. The maximum Gasteiger partial charge on any atom is 0.196 e. The number of nitrogen functional groups attached to an aromatic ring is 1. The molecular formula is C18H24N8. The molecule has 0 aromatic carbocycles. The highest BCUT2D eigenvalue weighted by Gasteiger charge is 2.25. The quantitative estimate of drug-likeness (QED) is 0.753. The van der Waals surface area contributed by atoms with Crippen molar-refractivity contribution in [1.29, 1.82) is 0 Å². The third-order valence-corrected chi connectivity index (χ3v) is 4.99. The summed E-state index contributed by atoms with van der Waals surface area (Å²) < 4.78 is 1.66. The van der Waals surface area contributed by atoms with Crippen LogP contribution in [-0.4, -0.2) is 62.7 Å². The summed E-state index contributed by atoms with van der Waals surface area (Å²) in [5, 5.41) is 4.47. The second-order valence-corrected chi connectivity index (χ2v) is 7.12. The number of hydrogen-bond acceptors (Lipinski definition) is 7. The van der Waals surface area contributed by atoms with E-state index in [0.29, 0.717) is 29.8 Å². The lowest BCUT2D eigenvalue weighted by molar-refractivity contribution is 0.315. The van der Waals surface area contributed by atoms with Crippen LogP contribution in [0.2, 0.25) is 0 Å². The molecule has 0 saturated carbocycles. The molecule has 3 aromatic heterocycles. The molecule has 3 aromatic rings. The van der Waals surface area contributed by atoms with Gasteiger partial charge in [-0.25, -0.2) is 19.5 Å². The summed E-state index contributed by atoms with van der Waals surface area (Å²) in [7, 11) is 4.28. The maximum atomic E-state index is 5.97.